The van der Waals surface area contributed by atoms with Crippen LogP contribution in [-0.2, 0) is 9.47 Å². The van der Waals surface area contributed by atoms with E-state index in [0.29, 0.717) is 38.4 Å². The number of fused-ring (bicyclic) bond motifs is 1. The van der Waals surface area contributed by atoms with E-state index < -0.39 is 11.2 Å². The smallest absolute Gasteiger partial charge is 0.410 e. The van der Waals surface area contributed by atoms with E-state index in [1.165, 1.54) is 0 Å². The predicted molar refractivity (Wildman–Crippen MR) is 93.6 cm³/mol. The molecule has 2 heterocycles. The first-order valence-electron chi connectivity index (χ1n) is 9.73. The number of hydrogen-bond acceptors (Lipinski definition) is 5. The summed E-state index contributed by atoms with van der Waals surface area (Å²) >= 11 is 0. The molecule has 1 N–H and O–H groups in total. The molecule has 146 valence electrons. The van der Waals surface area contributed by atoms with Crippen molar-refractivity contribution >= 4 is 12.2 Å². The highest BCUT2D eigenvalue weighted by Crippen LogP contribution is 2.60. The maximum atomic E-state index is 12.5. The zero-order valence-electron chi connectivity index (χ0n) is 16.0. The average molecular weight is 366 g/mol. The zero-order valence-corrected chi connectivity index (χ0v) is 16.0. The lowest BCUT2D eigenvalue weighted by Gasteiger charge is -2.38. The molecule has 1 atom stereocenters. The third kappa shape index (κ3) is 2.94. The minimum Gasteiger partial charge on any atom is -0.444 e. The van der Waals surface area contributed by atoms with Crippen molar-refractivity contribution in [2.24, 2.45) is 11.3 Å². The Kier molecular flexibility index (Phi) is 3.95. The van der Waals surface area contributed by atoms with Gasteiger partial charge in [-0.3, -0.25) is 0 Å². The molecule has 5 rings (SSSR count). The Morgan fingerprint density at radius 2 is 1.92 bits per heavy atom. The molecular formula is C19H30N2O5. The van der Waals surface area contributed by atoms with Crippen molar-refractivity contribution < 1.29 is 24.2 Å². The van der Waals surface area contributed by atoms with Crippen LogP contribution in [0.15, 0.2) is 0 Å². The van der Waals surface area contributed by atoms with Gasteiger partial charge in [0.1, 0.15) is 11.2 Å². The third-order valence-electron chi connectivity index (χ3n) is 6.64. The summed E-state index contributed by atoms with van der Waals surface area (Å²) in [6.45, 7) is 7.50. The molecule has 26 heavy (non-hydrogen) atoms. The van der Waals surface area contributed by atoms with E-state index in [9.17, 15) is 14.7 Å². The molecule has 2 bridgehead atoms. The third-order valence-corrected chi connectivity index (χ3v) is 6.64. The van der Waals surface area contributed by atoms with Crippen LogP contribution in [0, 0.1) is 11.3 Å². The molecule has 7 heteroatoms. The summed E-state index contributed by atoms with van der Waals surface area (Å²) in [5.41, 5.74) is -0.935. The maximum absolute atomic E-state index is 12.5. The molecule has 2 saturated heterocycles. The second kappa shape index (κ2) is 5.75. The summed E-state index contributed by atoms with van der Waals surface area (Å²) in [5.74, 6) is 0.506. The summed E-state index contributed by atoms with van der Waals surface area (Å²) in [5, 5.41) is 9.61. The van der Waals surface area contributed by atoms with Gasteiger partial charge < -0.3 is 24.4 Å². The highest BCUT2D eigenvalue weighted by atomic mass is 16.6. The van der Waals surface area contributed by atoms with Crippen LogP contribution in [0.5, 0.6) is 0 Å². The van der Waals surface area contributed by atoms with Crippen molar-refractivity contribution in [3.8, 4) is 0 Å². The SMILES string of the molecule is CC(C)(C)OC(=O)N1CCC2(CC1)CN([C@@H]1CC3(CO)CC1C3)C(=O)O2. The summed E-state index contributed by atoms with van der Waals surface area (Å²) in [7, 11) is 0. The number of hydrogen-bond donors (Lipinski definition) is 1. The number of likely N-dealkylation sites (tertiary alicyclic amines) is 1. The molecular weight excluding hydrogens is 336 g/mol. The molecule has 0 aromatic carbocycles. The number of carbonyl (C=O) groups excluding carboxylic acids is 2. The van der Waals surface area contributed by atoms with Crippen LogP contribution in [0.1, 0.15) is 52.9 Å². The lowest BCUT2D eigenvalue weighted by molar-refractivity contribution is -0.0171. The molecule has 0 aromatic rings. The van der Waals surface area contributed by atoms with Crippen molar-refractivity contribution in [2.45, 2.75) is 70.1 Å². The molecule has 0 unspecified atom stereocenters. The van der Waals surface area contributed by atoms with Gasteiger partial charge >= 0.3 is 12.2 Å². The fourth-order valence-electron chi connectivity index (χ4n) is 5.25. The van der Waals surface area contributed by atoms with Crippen LogP contribution in [0.3, 0.4) is 0 Å². The molecule has 2 aliphatic heterocycles. The van der Waals surface area contributed by atoms with E-state index in [-0.39, 0.29) is 30.3 Å². The van der Waals surface area contributed by atoms with E-state index in [0.717, 1.165) is 19.3 Å². The van der Waals surface area contributed by atoms with E-state index in [4.69, 9.17) is 9.47 Å². The van der Waals surface area contributed by atoms with E-state index in [2.05, 4.69) is 0 Å². The topological polar surface area (TPSA) is 79.3 Å². The second-order valence-electron chi connectivity index (χ2n) is 9.74. The first-order valence-corrected chi connectivity index (χ1v) is 9.73. The zero-order chi connectivity index (χ0) is 18.7. The van der Waals surface area contributed by atoms with Gasteiger partial charge in [-0.05, 0) is 51.4 Å². The fourth-order valence-corrected chi connectivity index (χ4v) is 5.25. The van der Waals surface area contributed by atoms with Crippen LogP contribution in [0.25, 0.3) is 0 Å². The van der Waals surface area contributed by atoms with Crippen LogP contribution in [0.2, 0.25) is 0 Å². The van der Waals surface area contributed by atoms with Crippen molar-refractivity contribution in [2.75, 3.05) is 26.2 Å². The first kappa shape index (κ1) is 17.9. The monoisotopic (exact) mass is 366 g/mol. The Labute approximate surface area is 154 Å². The lowest BCUT2D eigenvalue weighted by Crippen LogP contribution is -2.50. The summed E-state index contributed by atoms with van der Waals surface area (Å²) in [6, 6.07) is 0.206. The molecule has 5 aliphatic rings. The molecule has 0 radical (unpaired) electrons. The van der Waals surface area contributed by atoms with Gasteiger partial charge in [0.15, 0.2) is 0 Å². The first-order chi connectivity index (χ1) is 12.1. The van der Waals surface area contributed by atoms with E-state index in [1.54, 1.807) is 4.90 Å². The summed E-state index contributed by atoms with van der Waals surface area (Å²) < 4.78 is 11.3. The van der Waals surface area contributed by atoms with Crippen LogP contribution in [-0.4, -0.2) is 70.6 Å². The Morgan fingerprint density at radius 3 is 2.46 bits per heavy atom. The van der Waals surface area contributed by atoms with Gasteiger partial charge in [-0.25, -0.2) is 9.59 Å². The minimum atomic E-state index is -0.505. The molecule has 0 aromatic heterocycles. The van der Waals surface area contributed by atoms with Crippen LogP contribution < -0.4 is 0 Å². The predicted octanol–water partition coefficient (Wildman–Crippen LogP) is 2.37. The number of aliphatic hydroxyl groups is 1. The van der Waals surface area contributed by atoms with Crippen molar-refractivity contribution in [3.05, 3.63) is 0 Å². The van der Waals surface area contributed by atoms with Gasteiger partial charge in [0.25, 0.3) is 0 Å². The Balaban J connectivity index is 1.35. The molecule has 7 nitrogen and oxygen atoms in total. The Hall–Kier alpha value is -1.50. The highest BCUT2D eigenvalue weighted by Gasteiger charge is 2.61. The molecule has 2 amide bonds. The van der Waals surface area contributed by atoms with Crippen LogP contribution >= 0.6 is 0 Å². The molecule has 3 aliphatic carbocycles. The van der Waals surface area contributed by atoms with E-state index in [1.807, 2.05) is 25.7 Å². The quantitative estimate of drug-likeness (QED) is 0.812. The number of ether oxygens (including phenoxy) is 2. The van der Waals surface area contributed by atoms with Gasteiger partial charge in [-0.1, -0.05) is 0 Å². The normalized spacial score (nSPS) is 35.5. The summed E-state index contributed by atoms with van der Waals surface area (Å²) in [6.07, 6.45) is 3.72. The van der Waals surface area contributed by atoms with Crippen molar-refractivity contribution in [1.29, 1.82) is 0 Å². The maximum Gasteiger partial charge on any atom is 0.410 e. The number of amides is 2. The highest BCUT2D eigenvalue weighted by molar-refractivity contribution is 5.72. The number of nitrogens with zero attached hydrogens (tertiary/aromatic N) is 2. The van der Waals surface area contributed by atoms with Crippen LogP contribution in [0.4, 0.5) is 9.59 Å². The number of rotatable bonds is 2. The van der Waals surface area contributed by atoms with E-state index >= 15 is 0 Å². The molecule has 5 fully saturated rings. The van der Waals surface area contributed by atoms with Crippen molar-refractivity contribution in [1.82, 2.24) is 9.80 Å². The minimum absolute atomic E-state index is 0.0471. The second-order valence-corrected chi connectivity index (χ2v) is 9.74. The van der Waals surface area contributed by atoms with Gasteiger partial charge in [-0.15, -0.1) is 0 Å². The Bertz CT molecular complexity index is 600. The number of piperidine rings is 1. The van der Waals surface area contributed by atoms with Gasteiger partial charge in [0, 0.05) is 38.6 Å². The van der Waals surface area contributed by atoms with Gasteiger partial charge in [0.05, 0.1) is 6.54 Å². The van der Waals surface area contributed by atoms with Gasteiger partial charge in [0.2, 0.25) is 0 Å². The largest absolute Gasteiger partial charge is 0.444 e. The number of aliphatic hydroxyl groups excluding tert-OH is 1. The molecule has 1 spiro atoms. The fraction of sp³-hybridized carbons (Fsp3) is 0.895. The number of carbonyl (C=O) groups is 2. The lowest BCUT2D eigenvalue weighted by atomic mass is 9.70. The summed E-state index contributed by atoms with van der Waals surface area (Å²) in [4.78, 5) is 28.4. The average Bonchev–Trinajstić information content (AvgIpc) is 3.15. The molecule has 3 saturated carbocycles. The van der Waals surface area contributed by atoms with Gasteiger partial charge in [-0.2, -0.15) is 0 Å². The Morgan fingerprint density at radius 1 is 1.27 bits per heavy atom. The standard InChI is InChI=1S/C19H30N2O5/c1-17(2,3)25-15(23)20-6-4-19(5-7-20)11-21(16(24)26-19)14-10-18(12-22)8-13(14)9-18/h13-14,22H,4-12H2,1-3H3/t13?,14-,18?/m1/s1. The van der Waals surface area contributed by atoms with Crippen molar-refractivity contribution in [3.63, 3.8) is 0 Å².